The normalized spacial score (nSPS) is 11.1. The molecule has 1 rings (SSSR count). The first kappa shape index (κ1) is 8.39. The van der Waals surface area contributed by atoms with Crippen LogP contribution in [0.1, 0.15) is 12.2 Å². The van der Waals surface area contributed by atoms with Crippen molar-refractivity contribution >= 4 is 22.0 Å². The summed E-state index contributed by atoms with van der Waals surface area (Å²) in [6.07, 6.45) is 4.85. The lowest BCUT2D eigenvalue weighted by molar-refractivity contribution is 0.629. The fourth-order valence-corrected chi connectivity index (χ4v) is 0.882. The van der Waals surface area contributed by atoms with E-state index in [4.69, 9.17) is 0 Å². The van der Waals surface area contributed by atoms with Crippen molar-refractivity contribution in [3.8, 4) is 0 Å². The molecule has 0 N–H and O–H groups in total. The molecule has 0 bridgehead atoms. The molecule has 4 nitrogen and oxygen atoms in total. The average molecular weight is 217 g/mol. The smallest absolute Gasteiger partial charge is 0.167 e. The van der Waals surface area contributed by atoms with Crippen LogP contribution in [0.5, 0.6) is 0 Å². The summed E-state index contributed by atoms with van der Waals surface area (Å²) in [5.41, 5.74) is 0. The van der Waals surface area contributed by atoms with Crippen molar-refractivity contribution in [1.82, 2.24) is 20.2 Å². The third-order valence-electron chi connectivity index (χ3n) is 1.07. The van der Waals surface area contributed by atoms with Gasteiger partial charge in [0.05, 0.1) is 7.05 Å². The number of aromatic nitrogens is 4. The van der Waals surface area contributed by atoms with Crippen LogP contribution in [0.15, 0.2) is 6.08 Å². The van der Waals surface area contributed by atoms with E-state index >= 15 is 0 Å². The molecule has 0 unspecified atom stereocenters. The Labute approximate surface area is 73.4 Å². The molecule has 0 aliphatic rings. The number of halogens is 1. The zero-order chi connectivity index (χ0) is 8.10. The molecule has 0 aliphatic heterocycles. The standard InChI is InChI=1S/C6H9BrN4/c1-11-9-6(8-10-11)4-2-3-5-7/h2,4H,3,5H2,1H3/b4-2+. The molecule has 1 heterocycles. The van der Waals surface area contributed by atoms with E-state index in [1.165, 1.54) is 4.80 Å². The number of aryl methyl sites for hydroxylation is 1. The molecule has 0 saturated carbocycles. The fraction of sp³-hybridized carbons (Fsp3) is 0.500. The Bertz CT molecular complexity index is 242. The van der Waals surface area contributed by atoms with E-state index in [-0.39, 0.29) is 0 Å². The second kappa shape index (κ2) is 4.23. The second-order valence-corrected chi connectivity index (χ2v) is 2.81. The van der Waals surface area contributed by atoms with Crippen LogP contribution in [-0.2, 0) is 7.05 Å². The number of rotatable bonds is 3. The lowest BCUT2D eigenvalue weighted by atomic mass is 10.4. The van der Waals surface area contributed by atoms with Gasteiger partial charge in [0.25, 0.3) is 0 Å². The summed E-state index contributed by atoms with van der Waals surface area (Å²) < 4.78 is 0. The summed E-state index contributed by atoms with van der Waals surface area (Å²) >= 11 is 3.32. The maximum atomic E-state index is 3.97. The van der Waals surface area contributed by atoms with Crippen molar-refractivity contribution in [3.63, 3.8) is 0 Å². The Hall–Kier alpha value is -0.710. The van der Waals surface area contributed by atoms with Gasteiger partial charge >= 0.3 is 0 Å². The summed E-state index contributed by atoms with van der Waals surface area (Å²) in [4.78, 5) is 1.44. The van der Waals surface area contributed by atoms with Crippen LogP contribution in [0.4, 0.5) is 0 Å². The zero-order valence-electron chi connectivity index (χ0n) is 6.24. The third-order valence-corrected chi connectivity index (χ3v) is 1.52. The van der Waals surface area contributed by atoms with Crippen molar-refractivity contribution in [1.29, 1.82) is 0 Å². The number of nitrogens with zero attached hydrogens (tertiary/aromatic N) is 4. The monoisotopic (exact) mass is 216 g/mol. The van der Waals surface area contributed by atoms with Gasteiger partial charge in [-0.3, -0.25) is 0 Å². The molecule has 11 heavy (non-hydrogen) atoms. The molecule has 0 amide bonds. The van der Waals surface area contributed by atoms with Gasteiger partial charge in [0, 0.05) is 5.33 Å². The Balaban J connectivity index is 2.50. The largest absolute Gasteiger partial charge is 0.197 e. The van der Waals surface area contributed by atoms with Gasteiger partial charge in [-0.1, -0.05) is 22.0 Å². The maximum absolute atomic E-state index is 3.97. The van der Waals surface area contributed by atoms with E-state index in [2.05, 4.69) is 31.3 Å². The summed E-state index contributed by atoms with van der Waals surface area (Å²) in [5.74, 6) is 0.661. The van der Waals surface area contributed by atoms with Crippen LogP contribution >= 0.6 is 15.9 Å². The molecule has 1 aromatic heterocycles. The highest BCUT2D eigenvalue weighted by molar-refractivity contribution is 9.09. The molecule has 0 atom stereocenters. The van der Waals surface area contributed by atoms with E-state index < -0.39 is 0 Å². The molecular weight excluding hydrogens is 208 g/mol. The SMILES string of the molecule is Cn1nnc(/C=C/CCBr)n1. The molecule has 0 saturated heterocycles. The van der Waals surface area contributed by atoms with Crippen LogP contribution < -0.4 is 0 Å². The Morgan fingerprint density at radius 1 is 1.64 bits per heavy atom. The minimum absolute atomic E-state index is 0.661. The first-order chi connectivity index (χ1) is 5.33. The third kappa shape index (κ3) is 2.80. The number of hydrogen-bond donors (Lipinski definition) is 0. The quantitative estimate of drug-likeness (QED) is 0.709. The molecular formula is C6H9BrN4. The molecule has 0 aromatic carbocycles. The molecule has 1 aromatic rings. The van der Waals surface area contributed by atoms with Crippen molar-refractivity contribution in [2.45, 2.75) is 6.42 Å². The Morgan fingerprint density at radius 3 is 3.00 bits per heavy atom. The Morgan fingerprint density at radius 2 is 2.45 bits per heavy atom. The summed E-state index contributed by atoms with van der Waals surface area (Å²) in [5, 5.41) is 12.4. The first-order valence-electron chi connectivity index (χ1n) is 3.29. The minimum atomic E-state index is 0.661. The molecule has 60 valence electrons. The number of allylic oxidation sites excluding steroid dienone is 1. The van der Waals surface area contributed by atoms with Gasteiger partial charge < -0.3 is 0 Å². The molecule has 5 heteroatoms. The summed E-state index contributed by atoms with van der Waals surface area (Å²) in [7, 11) is 1.74. The van der Waals surface area contributed by atoms with Crippen molar-refractivity contribution < 1.29 is 0 Å². The molecule has 0 aliphatic carbocycles. The second-order valence-electron chi connectivity index (χ2n) is 2.02. The van der Waals surface area contributed by atoms with Crippen molar-refractivity contribution in [2.24, 2.45) is 7.05 Å². The fourth-order valence-electron chi connectivity index (χ4n) is 0.617. The van der Waals surface area contributed by atoms with Crippen LogP contribution in [-0.4, -0.2) is 25.5 Å². The van der Waals surface area contributed by atoms with Crippen LogP contribution in [0, 0.1) is 0 Å². The number of alkyl halides is 1. The summed E-state index contributed by atoms with van der Waals surface area (Å²) in [6, 6.07) is 0. The van der Waals surface area contributed by atoms with Gasteiger partial charge in [-0.25, -0.2) is 0 Å². The minimum Gasteiger partial charge on any atom is -0.167 e. The van der Waals surface area contributed by atoms with Gasteiger partial charge in [-0.05, 0) is 17.7 Å². The van der Waals surface area contributed by atoms with E-state index in [1.54, 1.807) is 7.05 Å². The van der Waals surface area contributed by atoms with Gasteiger partial charge in [0.1, 0.15) is 0 Å². The van der Waals surface area contributed by atoms with Gasteiger partial charge in [0.2, 0.25) is 0 Å². The van der Waals surface area contributed by atoms with E-state index in [9.17, 15) is 0 Å². The molecule has 0 fully saturated rings. The predicted octanol–water partition coefficient (Wildman–Crippen LogP) is 1.01. The van der Waals surface area contributed by atoms with Crippen molar-refractivity contribution in [2.75, 3.05) is 5.33 Å². The average Bonchev–Trinajstić information content (AvgIpc) is 2.37. The number of tetrazole rings is 1. The summed E-state index contributed by atoms with van der Waals surface area (Å²) in [6.45, 7) is 0. The lowest BCUT2D eigenvalue weighted by Crippen LogP contribution is -1.91. The van der Waals surface area contributed by atoms with Gasteiger partial charge in [-0.15, -0.1) is 10.2 Å². The highest BCUT2D eigenvalue weighted by Gasteiger charge is 1.91. The van der Waals surface area contributed by atoms with Crippen molar-refractivity contribution in [3.05, 3.63) is 11.9 Å². The first-order valence-corrected chi connectivity index (χ1v) is 4.41. The molecule has 0 radical (unpaired) electrons. The Kier molecular flexibility index (Phi) is 3.22. The van der Waals surface area contributed by atoms with E-state index in [0.717, 1.165) is 11.8 Å². The topological polar surface area (TPSA) is 43.6 Å². The van der Waals surface area contributed by atoms with E-state index in [1.807, 2.05) is 12.2 Å². The highest BCUT2D eigenvalue weighted by Crippen LogP contribution is 1.94. The lowest BCUT2D eigenvalue weighted by Gasteiger charge is -1.80. The van der Waals surface area contributed by atoms with Gasteiger partial charge in [0.15, 0.2) is 5.82 Å². The number of hydrogen-bond acceptors (Lipinski definition) is 3. The maximum Gasteiger partial charge on any atom is 0.197 e. The van der Waals surface area contributed by atoms with Gasteiger partial charge in [-0.2, -0.15) is 4.80 Å². The van der Waals surface area contributed by atoms with Crippen LogP contribution in [0.3, 0.4) is 0 Å². The van der Waals surface area contributed by atoms with Crippen LogP contribution in [0.25, 0.3) is 6.08 Å². The zero-order valence-corrected chi connectivity index (χ0v) is 7.82. The predicted molar refractivity (Wildman–Crippen MR) is 46.2 cm³/mol. The van der Waals surface area contributed by atoms with Crippen LogP contribution in [0.2, 0.25) is 0 Å². The molecule has 0 spiro atoms. The highest BCUT2D eigenvalue weighted by atomic mass is 79.9. The van der Waals surface area contributed by atoms with E-state index in [0.29, 0.717) is 5.82 Å².